The molecule has 2 rings (SSSR count). The zero-order valence-electron chi connectivity index (χ0n) is 11.1. The average Bonchev–Trinajstić information content (AvgIpc) is 2.47. The van der Waals surface area contributed by atoms with Crippen molar-refractivity contribution in [2.45, 2.75) is 26.2 Å². The van der Waals surface area contributed by atoms with Gasteiger partial charge >= 0.3 is 0 Å². The first-order valence-electron chi connectivity index (χ1n) is 6.37. The van der Waals surface area contributed by atoms with E-state index in [2.05, 4.69) is 31.0 Å². The van der Waals surface area contributed by atoms with E-state index in [0.717, 1.165) is 12.2 Å². The predicted octanol–water partition coefficient (Wildman–Crippen LogP) is 4.26. The summed E-state index contributed by atoms with van der Waals surface area (Å²) < 4.78 is 5.70. The molecule has 3 nitrogen and oxygen atoms in total. The molecular formula is C16H16N2O. The molecule has 0 bridgehead atoms. The lowest BCUT2D eigenvalue weighted by atomic mass is 9.99. The van der Waals surface area contributed by atoms with E-state index in [1.54, 1.807) is 18.3 Å². The molecule has 1 aromatic carbocycles. The first-order valence-corrected chi connectivity index (χ1v) is 6.37. The molecule has 1 unspecified atom stereocenters. The molecule has 2 aromatic rings. The number of aromatic nitrogens is 1. The monoisotopic (exact) mass is 252 g/mol. The van der Waals surface area contributed by atoms with Gasteiger partial charge in [0.1, 0.15) is 23.3 Å². The summed E-state index contributed by atoms with van der Waals surface area (Å²) in [6, 6.07) is 13.4. The van der Waals surface area contributed by atoms with Gasteiger partial charge in [0.05, 0.1) is 0 Å². The molecule has 0 N–H and O–H groups in total. The van der Waals surface area contributed by atoms with Crippen LogP contribution in [0.2, 0.25) is 0 Å². The minimum atomic E-state index is 0.355. The van der Waals surface area contributed by atoms with Crippen LogP contribution in [-0.2, 0) is 0 Å². The molecule has 1 atom stereocenters. The van der Waals surface area contributed by atoms with E-state index >= 15 is 0 Å². The molecule has 0 radical (unpaired) electrons. The molecule has 3 heteroatoms. The topological polar surface area (TPSA) is 45.9 Å². The van der Waals surface area contributed by atoms with Crippen LogP contribution in [0.1, 0.15) is 37.4 Å². The SMILES string of the molecule is CCC(C)c1ccc(Oc2ccnc(C#N)c2)cc1. The zero-order valence-corrected chi connectivity index (χ0v) is 11.1. The summed E-state index contributed by atoms with van der Waals surface area (Å²) in [7, 11) is 0. The minimum absolute atomic E-state index is 0.355. The fourth-order valence-electron chi connectivity index (χ4n) is 1.77. The predicted molar refractivity (Wildman–Crippen MR) is 74.2 cm³/mol. The number of ether oxygens (including phenoxy) is 1. The lowest BCUT2D eigenvalue weighted by molar-refractivity contribution is 0.481. The second-order valence-electron chi connectivity index (χ2n) is 4.47. The van der Waals surface area contributed by atoms with Crippen molar-refractivity contribution in [2.24, 2.45) is 0 Å². The Morgan fingerprint density at radius 2 is 1.95 bits per heavy atom. The molecule has 0 fully saturated rings. The first kappa shape index (κ1) is 13.1. The van der Waals surface area contributed by atoms with Gasteiger partial charge in [-0.25, -0.2) is 4.98 Å². The van der Waals surface area contributed by atoms with E-state index in [9.17, 15) is 0 Å². The molecule has 1 heterocycles. The van der Waals surface area contributed by atoms with Crippen molar-refractivity contribution < 1.29 is 4.74 Å². The van der Waals surface area contributed by atoms with Crippen LogP contribution in [0, 0.1) is 11.3 Å². The highest BCUT2D eigenvalue weighted by atomic mass is 16.5. The Kier molecular flexibility index (Phi) is 4.15. The lowest BCUT2D eigenvalue weighted by Gasteiger charge is -2.10. The van der Waals surface area contributed by atoms with Gasteiger partial charge in [-0.15, -0.1) is 0 Å². The smallest absolute Gasteiger partial charge is 0.144 e. The average molecular weight is 252 g/mol. The maximum absolute atomic E-state index is 8.78. The molecule has 0 aliphatic rings. The lowest BCUT2D eigenvalue weighted by Crippen LogP contribution is -1.91. The van der Waals surface area contributed by atoms with Gasteiger partial charge in [-0.1, -0.05) is 26.0 Å². The number of nitriles is 1. The molecule has 0 saturated heterocycles. The number of nitrogens with zero attached hydrogens (tertiary/aromatic N) is 2. The zero-order chi connectivity index (χ0) is 13.7. The molecule has 0 aliphatic heterocycles. The van der Waals surface area contributed by atoms with E-state index < -0.39 is 0 Å². The van der Waals surface area contributed by atoms with Crippen LogP contribution < -0.4 is 4.74 Å². The fraction of sp³-hybridized carbons (Fsp3) is 0.250. The molecule has 0 aliphatic carbocycles. The normalized spacial score (nSPS) is 11.6. The summed E-state index contributed by atoms with van der Waals surface area (Å²) in [5, 5.41) is 8.78. The maximum atomic E-state index is 8.78. The van der Waals surface area contributed by atoms with Gasteiger partial charge < -0.3 is 4.74 Å². The summed E-state index contributed by atoms with van der Waals surface area (Å²) in [6.45, 7) is 4.38. The summed E-state index contributed by atoms with van der Waals surface area (Å²) in [5.74, 6) is 1.95. The van der Waals surface area contributed by atoms with Gasteiger partial charge in [-0.2, -0.15) is 5.26 Å². The third-order valence-electron chi connectivity index (χ3n) is 3.14. The van der Waals surface area contributed by atoms with Crippen LogP contribution in [0.3, 0.4) is 0 Å². The molecule has 19 heavy (non-hydrogen) atoms. The van der Waals surface area contributed by atoms with Gasteiger partial charge in [-0.05, 0) is 36.1 Å². The van der Waals surface area contributed by atoms with E-state index in [4.69, 9.17) is 10.00 Å². The largest absolute Gasteiger partial charge is 0.457 e. The van der Waals surface area contributed by atoms with E-state index in [1.807, 2.05) is 18.2 Å². The van der Waals surface area contributed by atoms with Crippen molar-refractivity contribution in [3.8, 4) is 17.6 Å². The molecule has 1 aromatic heterocycles. The van der Waals surface area contributed by atoms with Crippen LogP contribution in [0.25, 0.3) is 0 Å². The molecule has 0 amide bonds. The van der Waals surface area contributed by atoms with Crippen molar-refractivity contribution >= 4 is 0 Å². The number of hydrogen-bond acceptors (Lipinski definition) is 3. The number of rotatable bonds is 4. The highest BCUT2D eigenvalue weighted by Crippen LogP contribution is 2.25. The first-order chi connectivity index (χ1) is 9.22. The Morgan fingerprint density at radius 1 is 1.21 bits per heavy atom. The van der Waals surface area contributed by atoms with Gasteiger partial charge in [0.25, 0.3) is 0 Å². The summed E-state index contributed by atoms with van der Waals surface area (Å²) in [5.41, 5.74) is 1.66. The molecule has 0 spiro atoms. The Hall–Kier alpha value is -2.34. The van der Waals surface area contributed by atoms with Crippen LogP contribution in [0.5, 0.6) is 11.5 Å². The number of benzene rings is 1. The second kappa shape index (κ2) is 6.01. The Labute approximate surface area is 113 Å². The van der Waals surface area contributed by atoms with Crippen molar-refractivity contribution in [1.29, 1.82) is 5.26 Å². The minimum Gasteiger partial charge on any atom is -0.457 e. The number of hydrogen-bond donors (Lipinski definition) is 0. The van der Waals surface area contributed by atoms with Crippen LogP contribution in [0.4, 0.5) is 0 Å². The third-order valence-corrected chi connectivity index (χ3v) is 3.14. The van der Waals surface area contributed by atoms with E-state index in [0.29, 0.717) is 17.4 Å². The van der Waals surface area contributed by atoms with Crippen molar-refractivity contribution in [3.63, 3.8) is 0 Å². The fourth-order valence-corrected chi connectivity index (χ4v) is 1.77. The van der Waals surface area contributed by atoms with Gasteiger partial charge in [-0.3, -0.25) is 0 Å². The molecule has 96 valence electrons. The van der Waals surface area contributed by atoms with E-state index in [-0.39, 0.29) is 0 Å². The van der Waals surface area contributed by atoms with Gasteiger partial charge in [0, 0.05) is 12.3 Å². The third kappa shape index (κ3) is 3.32. The Bertz CT molecular complexity index is 584. The van der Waals surface area contributed by atoms with Gasteiger partial charge in [0.15, 0.2) is 0 Å². The second-order valence-corrected chi connectivity index (χ2v) is 4.47. The van der Waals surface area contributed by atoms with Crippen molar-refractivity contribution in [1.82, 2.24) is 4.98 Å². The summed E-state index contributed by atoms with van der Waals surface area (Å²) >= 11 is 0. The van der Waals surface area contributed by atoms with Crippen molar-refractivity contribution in [3.05, 3.63) is 53.9 Å². The van der Waals surface area contributed by atoms with Crippen LogP contribution in [0.15, 0.2) is 42.6 Å². The Balaban J connectivity index is 2.13. The Morgan fingerprint density at radius 3 is 2.58 bits per heavy atom. The molecular weight excluding hydrogens is 236 g/mol. The highest BCUT2D eigenvalue weighted by molar-refractivity contribution is 5.36. The van der Waals surface area contributed by atoms with Gasteiger partial charge in [0.2, 0.25) is 0 Å². The maximum Gasteiger partial charge on any atom is 0.144 e. The summed E-state index contributed by atoms with van der Waals surface area (Å²) in [6.07, 6.45) is 2.69. The highest BCUT2D eigenvalue weighted by Gasteiger charge is 2.04. The van der Waals surface area contributed by atoms with E-state index in [1.165, 1.54) is 5.56 Å². The molecule has 0 saturated carbocycles. The van der Waals surface area contributed by atoms with Crippen LogP contribution in [-0.4, -0.2) is 4.98 Å². The summed E-state index contributed by atoms with van der Waals surface area (Å²) in [4.78, 5) is 3.91. The quantitative estimate of drug-likeness (QED) is 0.816. The number of pyridine rings is 1. The van der Waals surface area contributed by atoms with Crippen LogP contribution >= 0.6 is 0 Å². The van der Waals surface area contributed by atoms with Crippen molar-refractivity contribution in [2.75, 3.05) is 0 Å². The standard InChI is InChI=1S/C16H16N2O/c1-3-12(2)13-4-6-15(7-5-13)19-16-8-9-18-14(10-16)11-17/h4-10,12H,3H2,1-2H3.